The van der Waals surface area contributed by atoms with Crippen LogP contribution in [0.5, 0.6) is 0 Å². The largest absolute Gasteiger partial charge is 0.478 e. The number of anilines is 2. The number of hydrogen-bond donors (Lipinski definition) is 4. The van der Waals surface area contributed by atoms with E-state index in [0.29, 0.717) is 23.6 Å². The van der Waals surface area contributed by atoms with Crippen molar-refractivity contribution in [2.24, 2.45) is 0 Å². The lowest BCUT2D eigenvalue weighted by Gasteiger charge is -2.31. The van der Waals surface area contributed by atoms with Gasteiger partial charge in [0, 0.05) is 23.6 Å². The molecular weight excluding hydrogens is 516 g/mol. The number of rotatable bonds is 7. The van der Waals surface area contributed by atoms with Crippen LogP contribution < -0.4 is 15.5 Å². The van der Waals surface area contributed by atoms with Crippen LogP contribution in [0.2, 0.25) is 0 Å². The fourth-order valence-corrected chi connectivity index (χ4v) is 5.26. The summed E-state index contributed by atoms with van der Waals surface area (Å²) in [7, 11) is 0. The van der Waals surface area contributed by atoms with Gasteiger partial charge in [-0.15, -0.1) is 0 Å². The number of aromatic carboxylic acids is 1. The molecule has 1 atom stereocenters. The zero-order valence-electron chi connectivity index (χ0n) is 23.4. The molecule has 0 radical (unpaired) electrons. The van der Waals surface area contributed by atoms with Crippen LogP contribution in [-0.2, 0) is 4.79 Å². The Bertz CT molecular complexity index is 1590. The quantitative estimate of drug-likeness (QED) is 0.291. The second-order valence-electron chi connectivity index (χ2n) is 10.5. The van der Waals surface area contributed by atoms with Gasteiger partial charge in [0.15, 0.2) is 0 Å². The number of carboxylic acid groups (broad SMARTS) is 2. The Morgan fingerprint density at radius 3 is 2.02 bits per heavy atom. The Hall–Kier alpha value is -5.11. The highest BCUT2D eigenvalue weighted by atomic mass is 16.4. The van der Waals surface area contributed by atoms with E-state index in [9.17, 15) is 19.8 Å². The van der Waals surface area contributed by atoms with E-state index in [1.165, 1.54) is 12.1 Å². The molecule has 0 saturated heterocycles. The van der Waals surface area contributed by atoms with Crippen LogP contribution in [0.25, 0.3) is 5.70 Å². The molecule has 0 saturated carbocycles. The van der Waals surface area contributed by atoms with Gasteiger partial charge in [-0.2, -0.15) is 0 Å². The maximum absolute atomic E-state index is 12.1. The van der Waals surface area contributed by atoms with Crippen molar-refractivity contribution in [1.82, 2.24) is 15.6 Å². The van der Waals surface area contributed by atoms with Crippen LogP contribution in [-0.4, -0.2) is 33.7 Å². The van der Waals surface area contributed by atoms with Crippen molar-refractivity contribution in [1.29, 1.82) is 0 Å². The predicted octanol–water partition coefficient (Wildman–Crippen LogP) is 5.85. The Kier molecular flexibility index (Phi) is 7.48. The second-order valence-corrected chi connectivity index (χ2v) is 10.5. The molecule has 3 heterocycles. The number of carbonyl (C=O) groups is 2. The van der Waals surface area contributed by atoms with E-state index < -0.39 is 18.0 Å². The summed E-state index contributed by atoms with van der Waals surface area (Å²) in [5.74, 6) is -2.15. The standard InChI is InChI=1S/C33H32N4O4/c1-19-9-20(2)12-26(11-19)37(27-13-21(3)10-22(4)14-27)25-6-8-35-29(18-25)31-17-24(33(40)41)16-30(36-31)28-15-23(32(38)39)5-7-34-28/h5-6,8-18,29,34-35H,7H2,1-4H3,(H,38,39)(H,40,41). The van der Waals surface area contributed by atoms with E-state index >= 15 is 0 Å². The Balaban J connectivity index is 1.62. The molecule has 8 heteroatoms. The number of hydrogen-bond acceptors (Lipinski definition) is 6. The molecule has 0 amide bonds. The van der Waals surface area contributed by atoms with Gasteiger partial charge >= 0.3 is 11.9 Å². The van der Waals surface area contributed by atoms with Gasteiger partial charge in [0.05, 0.1) is 34.3 Å². The van der Waals surface area contributed by atoms with Gasteiger partial charge in [0.25, 0.3) is 0 Å². The zero-order valence-corrected chi connectivity index (χ0v) is 23.4. The number of aryl methyl sites for hydroxylation is 4. The summed E-state index contributed by atoms with van der Waals surface area (Å²) in [4.78, 5) is 30.6. The van der Waals surface area contributed by atoms with Crippen molar-refractivity contribution in [3.05, 3.63) is 130 Å². The first-order valence-electron chi connectivity index (χ1n) is 13.3. The molecule has 4 N–H and O–H groups in total. The number of aliphatic carboxylic acids is 1. The van der Waals surface area contributed by atoms with Crippen molar-refractivity contribution < 1.29 is 19.8 Å². The number of aromatic nitrogens is 1. The summed E-state index contributed by atoms with van der Waals surface area (Å²) in [5, 5.41) is 25.8. The minimum absolute atomic E-state index is 0.0610. The average molecular weight is 549 g/mol. The number of carboxylic acids is 2. The fourth-order valence-electron chi connectivity index (χ4n) is 5.26. The molecule has 2 aromatic carbocycles. The number of benzene rings is 2. The maximum atomic E-state index is 12.1. The molecule has 0 aliphatic carbocycles. The fraction of sp³-hybridized carbons (Fsp3) is 0.182. The minimum atomic E-state index is -1.09. The van der Waals surface area contributed by atoms with Gasteiger partial charge in [0.1, 0.15) is 0 Å². The highest BCUT2D eigenvalue weighted by molar-refractivity contribution is 5.94. The van der Waals surface area contributed by atoms with Crippen molar-refractivity contribution in [2.45, 2.75) is 33.7 Å². The van der Waals surface area contributed by atoms with Crippen LogP contribution in [0.3, 0.4) is 0 Å². The Labute approximate surface area is 239 Å². The molecule has 3 aromatic rings. The van der Waals surface area contributed by atoms with Gasteiger partial charge in [-0.05, 0) is 111 Å². The van der Waals surface area contributed by atoms with E-state index in [1.807, 2.05) is 18.4 Å². The lowest BCUT2D eigenvalue weighted by Crippen LogP contribution is -2.25. The lowest BCUT2D eigenvalue weighted by molar-refractivity contribution is -0.132. The van der Waals surface area contributed by atoms with Crippen molar-refractivity contribution in [3.63, 3.8) is 0 Å². The zero-order chi connectivity index (χ0) is 29.3. The molecule has 0 spiro atoms. The number of pyridine rings is 1. The van der Waals surface area contributed by atoms with Gasteiger partial charge in [-0.1, -0.05) is 18.2 Å². The maximum Gasteiger partial charge on any atom is 0.335 e. The normalized spacial score (nSPS) is 16.1. The minimum Gasteiger partial charge on any atom is -0.478 e. The third-order valence-electron chi connectivity index (χ3n) is 6.90. The number of nitrogens with zero attached hydrogens (tertiary/aromatic N) is 2. The summed E-state index contributed by atoms with van der Waals surface area (Å²) < 4.78 is 0. The summed E-state index contributed by atoms with van der Waals surface area (Å²) in [6.07, 6.45) is 8.89. The molecule has 2 aliphatic heterocycles. The monoisotopic (exact) mass is 548 g/mol. The number of allylic oxidation sites excluding steroid dienone is 1. The summed E-state index contributed by atoms with van der Waals surface area (Å²) in [6.45, 7) is 8.61. The van der Waals surface area contributed by atoms with E-state index in [0.717, 1.165) is 39.3 Å². The highest BCUT2D eigenvalue weighted by Gasteiger charge is 2.23. The molecule has 8 nitrogen and oxygen atoms in total. The topological polar surface area (TPSA) is 115 Å². The van der Waals surface area contributed by atoms with E-state index in [4.69, 9.17) is 4.98 Å². The molecular formula is C33H32N4O4. The average Bonchev–Trinajstić information content (AvgIpc) is 2.92. The molecule has 5 rings (SSSR count). The summed E-state index contributed by atoms with van der Waals surface area (Å²) in [5.41, 5.74) is 9.02. The predicted molar refractivity (Wildman–Crippen MR) is 160 cm³/mol. The van der Waals surface area contributed by atoms with E-state index in [2.05, 4.69) is 79.6 Å². The van der Waals surface area contributed by atoms with Crippen LogP contribution in [0.4, 0.5) is 11.4 Å². The lowest BCUT2D eigenvalue weighted by atomic mass is 10.0. The van der Waals surface area contributed by atoms with Gasteiger partial charge < -0.3 is 25.7 Å². The number of dihydropyridines is 2. The first-order chi connectivity index (χ1) is 19.6. The molecule has 0 fully saturated rings. The van der Waals surface area contributed by atoms with Crippen LogP contribution >= 0.6 is 0 Å². The van der Waals surface area contributed by atoms with Crippen molar-refractivity contribution in [3.8, 4) is 0 Å². The van der Waals surface area contributed by atoms with Gasteiger partial charge in [0.2, 0.25) is 0 Å². The van der Waals surface area contributed by atoms with Crippen LogP contribution in [0, 0.1) is 27.7 Å². The smallest absolute Gasteiger partial charge is 0.335 e. The van der Waals surface area contributed by atoms with Crippen LogP contribution in [0.15, 0.2) is 90.3 Å². The summed E-state index contributed by atoms with van der Waals surface area (Å²) in [6, 6.07) is 15.4. The van der Waals surface area contributed by atoms with E-state index in [-0.39, 0.29) is 11.1 Å². The van der Waals surface area contributed by atoms with Gasteiger partial charge in [-0.25, -0.2) is 14.6 Å². The molecule has 1 aromatic heterocycles. The Morgan fingerprint density at radius 2 is 1.46 bits per heavy atom. The number of nitrogens with one attached hydrogen (secondary N) is 2. The SMILES string of the molecule is Cc1cc(C)cc(N(C2=CC(c3cc(C(=O)O)cc(C4=CC(C(=O)O)=CCN4)n3)NC=C2)c2cc(C)cc(C)c2)c1. The first kappa shape index (κ1) is 27.5. The molecule has 1 unspecified atom stereocenters. The third kappa shape index (κ3) is 6.06. The summed E-state index contributed by atoms with van der Waals surface area (Å²) >= 11 is 0. The van der Waals surface area contributed by atoms with Crippen molar-refractivity contribution >= 4 is 29.0 Å². The molecule has 208 valence electrons. The van der Waals surface area contributed by atoms with Gasteiger partial charge in [-0.3, -0.25) is 0 Å². The molecule has 0 bridgehead atoms. The second kappa shape index (κ2) is 11.2. The van der Waals surface area contributed by atoms with E-state index in [1.54, 1.807) is 12.1 Å². The third-order valence-corrected chi connectivity index (χ3v) is 6.90. The molecule has 41 heavy (non-hydrogen) atoms. The first-order valence-corrected chi connectivity index (χ1v) is 13.3. The molecule has 2 aliphatic rings. The van der Waals surface area contributed by atoms with Crippen LogP contribution in [0.1, 0.15) is 50.0 Å². The highest BCUT2D eigenvalue weighted by Crippen LogP contribution is 2.35. The Morgan fingerprint density at radius 1 is 0.854 bits per heavy atom. The van der Waals surface area contributed by atoms with Crippen molar-refractivity contribution in [2.75, 3.05) is 11.4 Å².